The van der Waals surface area contributed by atoms with Crippen LogP contribution < -0.4 is 0 Å². The van der Waals surface area contributed by atoms with Crippen molar-refractivity contribution >= 4 is 22.6 Å². The van der Waals surface area contributed by atoms with Crippen molar-refractivity contribution in [3.63, 3.8) is 0 Å². The first-order valence-corrected chi connectivity index (χ1v) is 6.80. The van der Waals surface area contributed by atoms with Crippen LogP contribution in [0.2, 0.25) is 0 Å². The van der Waals surface area contributed by atoms with Crippen LogP contribution in [0, 0.1) is 16.3 Å². The van der Waals surface area contributed by atoms with Gasteiger partial charge in [-0.15, -0.1) is 0 Å². The number of aliphatic hydroxyl groups is 1. The highest BCUT2D eigenvalue weighted by Crippen LogP contribution is 2.37. The summed E-state index contributed by atoms with van der Waals surface area (Å²) in [6.07, 6.45) is 3.49. The summed E-state index contributed by atoms with van der Waals surface area (Å²) in [7, 11) is 0. The van der Waals surface area contributed by atoms with Gasteiger partial charge < -0.3 is 5.11 Å². The molecule has 1 N–H and O–H groups in total. The number of aliphatic hydroxyl groups excluding tert-OH is 1. The second-order valence-electron chi connectivity index (χ2n) is 4.57. The third-order valence-electron chi connectivity index (χ3n) is 3.50. The number of rotatable bonds is 1. The molecule has 0 aliphatic heterocycles. The van der Waals surface area contributed by atoms with Gasteiger partial charge >= 0.3 is 0 Å². The van der Waals surface area contributed by atoms with Crippen molar-refractivity contribution in [2.45, 2.75) is 44.6 Å². The lowest BCUT2D eigenvalue weighted by Crippen LogP contribution is -2.18. The Morgan fingerprint density at radius 1 is 1.25 bits per heavy atom. The summed E-state index contributed by atoms with van der Waals surface area (Å²) < 4.78 is 14.7. The summed E-state index contributed by atoms with van der Waals surface area (Å²) in [6, 6.07) is 3.39. The number of benzene rings is 1. The van der Waals surface area contributed by atoms with Crippen LogP contribution in [-0.4, -0.2) is 11.2 Å². The molecule has 0 saturated heterocycles. The highest BCUT2D eigenvalue weighted by molar-refractivity contribution is 14.1. The highest BCUT2D eigenvalue weighted by atomic mass is 127. The van der Waals surface area contributed by atoms with Gasteiger partial charge in [-0.3, -0.25) is 0 Å². The third-order valence-corrected chi connectivity index (χ3v) is 4.44. The zero-order valence-electron chi connectivity index (χ0n) is 9.34. The van der Waals surface area contributed by atoms with Crippen molar-refractivity contribution in [3.05, 3.63) is 32.6 Å². The number of hydrogen-bond acceptors (Lipinski definition) is 1. The van der Waals surface area contributed by atoms with Crippen molar-refractivity contribution in [3.8, 4) is 0 Å². The fourth-order valence-electron chi connectivity index (χ4n) is 2.53. The van der Waals surface area contributed by atoms with Crippen LogP contribution in [0.4, 0.5) is 4.39 Å². The Bertz CT molecular complexity index is 384. The molecule has 1 aromatic rings. The fourth-order valence-corrected chi connectivity index (χ4v) is 3.56. The molecule has 1 fully saturated rings. The van der Waals surface area contributed by atoms with Crippen molar-refractivity contribution in [1.29, 1.82) is 0 Å². The second kappa shape index (κ2) is 5.00. The van der Waals surface area contributed by atoms with Crippen LogP contribution in [0.25, 0.3) is 0 Å². The standard InChI is InChI=1S/C13H16FIO/c1-8-11(14)6-7-12(15)13(8)9-2-4-10(16)5-3-9/h6-7,9-10,16H,2-5H2,1H3. The topological polar surface area (TPSA) is 20.2 Å². The Balaban J connectivity index is 2.29. The van der Waals surface area contributed by atoms with Gasteiger partial charge in [0.15, 0.2) is 0 Å². The minimum atomic E-state index is -0.150. The first kappa shape index (κ1) is 12.3. The number of halogens is 2. The lowest BCUT2D eigenvalue weighted by molar-refractivity contribution is 0.122. The van der Waals surface area contributed by atoms with Gasteiger partial charge in [0.05, 0.1) is 6.10 Å². The molecule has 0 atom stereocenters. The van der Waals surface area contributed by atoms with E-state index >= 15 is 0 Å². The molecule has 0 unspecified atom stereocenters. The largest absolute Gasteiger partial charge is 0.393 e. The second-order valence-corrected chi connectivity index (χ2v) is 5.74. The Morgan fingerprint density at radius 3 is 2.50 bits per heavy atom. The molecule has 16 heavy (non-hydrogen) atoms. The molecule has 2 rings (SSSR count). The summed E-state index contributed by atoms with van der Waals surface area (Å²) in [6.45, 7) is 1.86. The SMILES string of the molecule is Cc1c(F)ccc(I)c1C1CCC(O)CC1. The Hall–Kier alpha value is -0.160. The van der Waals surface area contributed by atoms with Crippen LogP contribution in [0.1, 0.15) is 42.7 Å². The summed E-state index contributed by atoms with van der Waals surface area (Å²) in [4.78, 5) is 0. The molecule has 1 aromatic carbocycles. The molecule has 0 amide bonds. The van der Waals surface area contributed by atoms with E-state index in [-0.39, 0.29) is 11.9 Å². The molecule has 88 valence electrons. The van der Waals surface area contributed by atoms with E-state index in [0.717, 1.165) is 40.4 Å². The smallest absolute Gasteiger partial charge is 0.126 e. The van der Waals surface area contributed by atoms with Crippen LogP contribution in [-0.2, 0) is 0 Å². The summed E-state index contributed by atoms with van der Waals surface area (Å²) in [5, 5.41) is 9.49. The van der Waals surface area contributed by atoms with Crippen LogP contribution in [0.3, 0.4) is 0 Å². The Kier molecular flexibility index (Phi) is 3.85. The molecule has 0 aromatic heterocycles. The van der Waals surface area contributed by atoms with E-state index in [1.54, 1.807) is 0 Å². The van der Waals surface area contributed by atoms with E-state index in [1.165, 1.54) is 6.07 Å². The minimum absolute atomic E-state index is 0.110. The molecule has 1 nitrogen and oxygen atoms in total. The predicted octanol–water partition coefficient (Wildman–Crippen LogP) is 3.76. The fraction of sp³-hybridized carbons (Fsp3) is 0.538. The molecule has 1 aliphatic carbocycles. The van der Waals surface area contributed by atoms with Gasteiger partial charge in [0.25, 0.3) is 0 Å². The lowest BCUT2D eigenvalue weighted by Gasteiger charge is -2.27. The molecule has 0 heterocycles. The first-order chi connectivity index (χ1) is 7.59. The average molecular weight is 334 g/mol. The van der Waals surface area contributed by atoms with Crippen LogP contribution in [0.15, 0.2) is 12.1 Å². The lowest BCUT2D eigenvalue weighted by atomic mass is 9.81. The van der Waals surface area contributed by atoms with Gasteiger partial charge in [0.2, 0.25) is 0 Å². The van der Waals surface area contributed by atoms with Crippen molar-refractivity contribution in [1.82, 2.24) is 0 Å². The van der Waals surface area contributed by atoms with Crippen molar-refractivity contribution in [2.75, 3.05) is 0 Å². The van der Waals surface area contributed by atoms with E-state index in [1.807, 2.05) is 13.0 Å². The zero-order chi connectivity index (χ0) is 11.7. The van der Waals surface area contributed by atoms with Gasteiger partial charge in [0.1, 0.15) is 5.82 Å². The summed E-state index contributed by atoms with van der Waals surface area (Å²) >= 11 is 2.28. The highest BCUT2D eigenvalue weighted by Gasteiger charge is 2.24. The molecule has 1 aliphatic rings. The third kappa shape index (κ3) is 2.40. The molecule has 0 spiro atoms. The summed E-state index contributed by atoms with van der Waals surface area (Å²) in [5.41, 5.74) is 1.95. The Labute approximate surface area is 109 Å². The quantitative estimate of drug-likeness (QED) is 0.776. The average Bonchev–Trinajstić information content (AvgIpc) is 2.27. The predicted molar refractivity (Wildman–Crippen MR) is 71.1 cm³/mol. The molecule has 1 saturated carbocycles. The van der Waals surface area contributed by atoms with Crippen LogP contribution in [0.5, 0.6) is 0 Å². The zero-order valence-corrected chi connectivity index (χ0v) is 11.5. The van der Waals surface area contributed by atoms with Gasteiger partial charge in [-0.25, -0.2) is 4.39 Å². The van der Waals surface area contributed by atoms with Gasteiger partial charge in [0, 0.05) is 3.57 Å². The molecule has 3 heteroatoms. The Morgan fingerprint density at radius 2 is 1.88 bits per heavy atom. The van der Waals surface area contributed by atoms with E-state index in [4.69, 9.17) is 0 Å². The monoisotopic (exact) mass is 334 g/mol. The maximum Gasteiger partial charge on any atom is 0.126 e. The van der Waals surface area contributed by atoms with Gasteiger partial charge in [-0.05, 0) is 84.4 Å². The molecule has 0 bridgehead atoms. The molecule has 0 radical (unpaired) electrons. The van der Waals surface area contributed by atoms with E-state index in [0.29, 0.717) is 5.92 Å². The normalized spacial score (nSPS) is 25.8. The number of hydrogen-bond donors (Lipinski definition) is 1. The van der Waals surface area contributed by atoms with Gasteiger partial charge in [-0.1, -0.05) is 0 Å². The first-order valence-electron chi connectivity index (χ1n) is 5.72. The maximum atomic E-state index is 13.5. The minimum Gasteiger partial charge on any atom is -0.393 e. The van der Waals surface area contributed by atoms with Crippen molar-refractivity contribution < 1.29 is 9.50 Å². The van der Waals surface area contributed by atoms with Crippen molar-refractivity contribution in [2.24, 2.45) is 0 Å². The van der Waals surface area contributed by atoms with E-state index in [9.17, 15) is 9.50 Å². The van der Waals surface area contributed by atoms with E-state index < -0.39 is 0 Å². The van der Waals surface area contributed by atoms with Gasteiger partial charge in [-0.2, -0.15) is 0 Å². The van der Waals surface area contributed by atoms with E-state index in [2.05, 4.69) is 22.6 Å². The summed E-state index contributed by atoms with van der Waals surface area (Å²) in [5.74, 6) is 0.313. The maximum absolute atomic E-state index is 13.5. The molecular weight excluding hydrogens is 318 g/mol. The van der Waals surface area contributed by atoms with Crippen LogP contribution >= 0.6 is 22.6 Å². The molecular formula is C13H16FIO.